The van der Waals surface area contributed by atoms with Gasteiger partial charge in [-0.25, -0.2) is 4.79 Å². The number of nitrogens with zero attached hydrogens (tertiary/aromatic N) is 3. The third-order valence-corrected chi connectivity index (χ3v) is 6.80. The minimum absolute atomic E-state index is 0.0395. The van der Waals surface area contributed by atoms with Gasteiger partial charge in [-0.2, -0.15) is 0 Å². The van der Waals surface area contributed by atoms with Gasteiger partial charge in [0.2, 0.25) is 0 Å². The molecule has 0 bridgehead atoms. The summed E-state index contributed by atoms with van der Waals surface area (Å²) < 4.78 is 5.40. The van der Waals surface area contributed by atoms with Gasteiger partial charge >= 0.3 is 6.03 Å². The minimum atomic E-state index is -0.511. The maximum atomic E-state index is 13.2. The molecular formula is C25H29N5O4. The molecule has 9 heteroatoms. The molecule has 2 aliphatic rings. The van der Waals surface area contributed by atoms with Gasteiger partial charge in [0.25, 0.3) is 5.91 Å². The molecule has 1 atom stereocenters. The lowest BCUT2D eigenvalue weighted by Gasteiger charge is -2.56. The van der Waals surface area contributed by atoms with Gasteiger partial charge in [-0.15, -0.1) is 0 Å². The van der Waals surface area contributed by atoms with Gasteiger partial charge in [0.1, 0.15) is 5.75 Å². The molecule has 3 aromatic rings. The predicted molar refractivity (Wildman–Crippen MR) is 127 cm³/mol. The largest absolute Gasteiger partial charge is 0.497 e. The number of H-pyrrole nitrogens is 1. The zero-order valence-electron chi connectivity index (χ0n) is 19.5. The second-order valence-corrected chi connectivity index (χ2v) is 9.43. The first-order valence-electron chi connectivity index (χ1n) is 11.4. The van der Waals surface area contributed by atoms with Crippen molar-refractivity contribution < 1.29 is 19.4 Å². The van der Waals surface area contributed by atoms with Crippen molar-refractivity contribution in [3.8, 4) is 5.75 Å². The van der Waals surface area contributed by atoms with E-state index in [0.717, 1.165) is 27.9 Å². The molecule has 3 N–H and O–H groups in total. The Morgan fingerprint density at radius 3 is 2.62 bits per heavy atom. The van der Waals surface area contributed by atoms with Crippen LogP contribution in [0.25, 0.3) is 10.9 Å². The van der Waals surface area contributed by atoms with Crippen LogP contribution in [0.15, 0.2) is 42.7 Å². The second-order valence-electron chi connectivity index (χ2n) is 9.43. The predicted octanol–water partition coefficient (Wildman–Crippen LogP) is 2.43. The average Bonchev–Trinajstić information content (AvgIpc) is 3.20. The summed E-state index contributed by atoms with van der Waals surface area (Å²) >= 11 is 0. The Morgan fingerprint density at radius 1 is 1.24 bits per heavy atom. The smallest absolute Gasteiger partial charge is 0.318 e. The molecule has 0 radical (unpaired) electrons. The van der Waals surface area contributed by atoms with Gasteiger partial charge in [-0.05, 0) is 43.7 Å². The number of aromatic amines is 1. The molecule has 1 spiro atoms. The van der Waals surface area contributed by atoms with E-state index in [4.69, 9.17) is 4.74 Å². The van der Waals surface area contributed by atoms with E-state index in [9.17, 15) is 14.7 Å². The normalized spacial score (nSPS) is 18.7. The first-order chi connectivity index (χ1) is 16.4. The molecule has 2 aliphatic heterocycles. The van der Waals surface area contributed by atoms with E-state index in [1.54, 1.807) is 41.4 Å². The number of likely N-dealkylation sites (tertiary alicyclic amines) is 1. The summed E-state index contributed by atoms with van der Waals surface area (Å²) in [6.07, 6.45) is 3.22. The molecule has 0 aliphatic carbocycles. The fraction of sp³-hybridized carbons (Fsp3) is 0.400. The number of nitrogens with one attached hydrogen (secondary N) is 2. The number of pyridine rings is 1. The number of aliphatic hydroxyl groups is 1. The lowest BCUT2D eigenvalue weighted by atomic mass is 9.68. The van der Waals surface area contributed by atoms with Crippen LogP contribution in [-0.4, -0.2) is 76.2 Å². The molecule has 9 nitrogen and oxygen atoms in total. The van der Waals surface area contributed by atoms with E-state index < -0.39 is 11.5 Å². The summed E-state index contributed by atoms with van der Waals surface area (Å²) in [6, 6.07) is 8.49. The Hall–Kier alpha value is -3.59. The number of carbonyl (C=O) groups is 2. The number of ether oxygens (including phenoxy) is 1. The highest BCUT2D eigenvalue weighted by Gasteiger charge is 2.55. The van der Waals surface area contributed by atoms with Crippen molar-refractivity contribution in [3.05, 3.63) is 59.5 Å². The third-order valence-electron chi connectivity index (χ3n) is 6.80. The van der Waals surface area contributed by atoms with Crippen LogP contribution in [0.3, 0.4) is 0 Å². The number of urea groups is 1. The summed E-state index contributed by atoms with van der Waals surface area (Å²) in [7, 11) is 1.62. The Balaban J connectivity index is 1.57. The summed E-state index contributed by atoms with van der Waals surface area (Å²) in [5.74, 6) is 0.664. The Kier molecular flexibility index (Phi) is 5.44. The molecule has 1 saturated heterocycles. The van der Waals surface area contributed by atoms with Crippen molar-refractivity contribution in [1.82, 2.24) is 25.1 Å². The van der Waals surface area contributed by atoms with Gasteiger partial charge in [-0.3, -0.25) is 9.78 Å². The number of benzene rings is 1. The number of carbonyl (C=O) groups excluding carboxylic acids is 2. The molecule has 1 fully saturated rings. The van der Waals surface area contributed by atoms with Gasteiger partial charge in [-0.1, -0.05) is 0 Å². The minimum Gasteiger partial charge on any atom is -0.497 e. The van der Waals surface area contributed by atoms with E-state index in [1.165, 1.54) is 0 Å². The van der Waals surface area contributed by atoms with E-state index in [-0.39, 0.29) is 24.6 Å². The number of aromatic nitrogens is 2. The van der Waals surface area contributed by atoms with Crippen LogP contribution in [-0.2, 0) is 5.41 Å². The van der Waals surface area contributed by atoms with Crippen molar-refractivity contribution >= 4 is 22.8 Å². The van der Waals surface area contributed by atoms with Crippen molar-refractivity contribution in [2.24, 2.45) is 0 Å². The van der Waals surface area contributed by atoms with Gasteiger partial charge in [0, 0.05) is 66.3 Å². The fourth-order valence-electron chi connectivity index (χ4n) is 5.31. The van der Waals surface area contributed by atoms with Crippen LogP contribution in [0.4, 0.5) is 4.79 Å². The van der Waals surface area contributed by atoms with E-state index in [1.807, 2.05) is 32.0 Å². The van der Waals surface area contributed by atoms with E-state index in [2.05, 4.69) is 15.3 Å². The summed E-state index contributed by atoms with van der Waals surface area (Å²) in [6.45, 7) is 4.96. The number of hydrogen-bond acceptors (Lipinski definition) is 5. The molecule has 3 amide bonds. The number of amides is 3. The van der Waals surface area contributed by atoms with Crippen LogP contribution >= 0.6 is 0 Å². The molecule has 0 saturated carbocycles. The van der Waals surface area contributed by atoms with E-state index >= 15 is 0 Å². The molecule has 5 rings (SSSR count). The van der Waals surface area contributed by atoms with Crippen LogP contribution in [0.1, 0.15) is 41.5 Å². The lowest BCUT2D eigenvalue weighted by Crippen LogP contribution is -2.68. The lowest BCUT2D eigenvalue weighted by molar-refractivity contribution is 0.0119. The quantitative estimate of drug-likeness (QED) is 0.550. The summed E-state index contributed by atoms with van der Waals surface area (Å²) in [4.78, 5) is 37.2. The monoisotopic (exact) mass is 463 g/mol. The SMILES string of the molecule is COc1ccc2c3c([nH]c2c1)[C@@H](CO)N(C(=O)NC(C)C)CC31CN(C(=O)c2ccncc2)C1. The topological polar surface area (TPSA) is 111 Å². The molecule has 0 unspecified atom stereocenters. The van der Waals surface area contributed by atoms with Crippen LogP contribution in [0.2, 0.25) is 0 Å². The maximum Gasteiger partial charge on any atom is 0.318 e. The van der Waals surface area contributed by atoms with Crippen LogP contribution in [0.5, 0.6) is 5.75 Å². The van der Waals surface area contributed by atoms with Crippen molar-refractivity contribution in [2.45, 2.75) is 31.3 Å². The Bertz CT molecular complexity index is 1230. The van der Waals surface area contributed by atoms with E-state index in [0.29, 0.717) is 25.2 Å². The molecular weight excluding hydrogens is 434 g/mol. The Labute approximate surface area is 197 Å². The zero-order chi connectivity index (χ0) is 24.0. The first-order valence-corrected chi connectivity index (χ1v) is 11.4. The highest BCUT2D eigenvalue weighted by atomic mass is 16.5. The number of rotatable bonds is 4. The average molecular weight is 464 g/mol. The summed E-state index contributed by atoms with van der Waals surface area (Å²) in [5.41, 5.74) is 2.91. The molecule has 1 aromatic carbocycles. The molecule has 4 heterocycles. The number of fused-ring (bicyclic) bond motifs is 4. The number of aliphatic hydroxyl groups excluding tert-OH is 1. The number of hydrogen-bond donors (Lipinski definition) is 3. The summed E-state index contributed by atoms with van der Waals surface area (Å²) in [5, 5.41) is 14.3. The van der Waals surface area contributed by atoms with Gasteiger partial charge in [0.15, 0.2) is 0 Å². The first kappa shape index (κ1) is 22.2. The zero-order valence-corrected chi connectivity index (χ0v) is 19.5. The third kappa shape index (κ3) is 3.47. The standard InChI is InChI=1S/C25H29N5O4/c1-15(2)27-24(33)30-14-25(12-29(13-25)23(32)16-6-8-26-9-7-16)21-18-5-4-17(34-3)10-19(18)28-22(21)20(30)11-31/h4-10,15,20,28,31H,11-14H2,1-3H3,(H,27,33)/t20-/m1/s1. The highest BCUT2D eigenvalue weighted by Crippen LogP contribution is 2.48. The second kappa shape index (κ2) is 8.32. The van der Waals surface area contributed by atoms with Crippen molar-refractivity contribution in [2.75, 3.05) is 33.4 Å². The highest BCUT2D eigenvalue weighted by molar-refractivity contribution is 5.96. The fourth-order valence-corrected chi connectivity index (χ4v) is 5.31. The Morgan fingerprint density at radius 2 is 1.97 bits per heavy atom. The number of methoxy groups -OCH3 is 1. The molecule has 34 heavy (non-hydrogen) atoms. The van der Waals surface area contributed by atoms with Gasteiger partial charge < -0.3 is 29.9 Å². The van der Waals surface area contributed by atoms with Crippen LogP contribution in [0, 0.1) is 0 Å². The van der Waals surface area contributed by atoms with Crippen molar-refractivity contribution in [1.29, 1.82) is 0 Å². The van der Waals surface area contributed by atoms with Gasteiger partial charge in [0.05, 0.1) is 25.2 Å². The van der Waals surface area contributed by atoms with Crippen LogP contribution < -0.4 is 10.1 Å². The van der Waals surface area contributed by atoms with Crippen molar-refractivity contribution in [3.63, 3.8) is 0 Å². The molecule has 178 valence electrons. The maximum absolute atomic E-state index is 13.2. The molecule has 2 aromatic heterocycles.